The van der Waals surface area contributed by atoms with Crippen molar-refractivity contribution in [2.45, 2.75) is 32.6 Å². The van der Waals surface area contributed by atoms with Crippen molar-refractivity contribution >= 4 is 33.7 Å². The minimum Gasteiger partial charge on any atom is -0.268 e. The predicted octanol–water partition coefficient (Wildman–Crippen LogP) is 4.54. The Balaban J connectivity index is 1.46. The van der Waals surface area contributed by atoms with Gasteiger partial charge in [0.25, 0.3) is 11.5 Å². The Kier molecular flexibility index (Phi) is 5.60. The van der Waals surface area contributed by atoms with Crippen LogP contribution in [0.25, 0.3) is 15.9 Å². The van der Waals surface area contributed by atoms with Crippen LogP contribution in [0.15, 0.2) is 58.4 Å². The van der Waals surface area contributed by atoms with Gasteiger partial charge in [-0.25, -0.2) is 14.8 Å². The summed E-state index contributed by atoms with van der Waals surface area (Å²) in [5.41, 5.74) is 5.12. The normalized spacial score (nSPS) is 13.4. The van der Waals surface area contributed by atoms with Crippen molar-refractivity contribution in [1.82, 2.24) is 15.0 Å². The van der Waals surface area contributed by atoms with Crippen LogP contribution >= 0.6 is 11.3 Å². The van der Waals surface area contributed by atoms with E-state index in [2.05, 4.69) is 10.5 Å². The van der Waals surface area contributed by atoms with E-state index in [1.165, 1.54) is 23.2 Å². The number of thiophene rings is 1. The summed E-state index contributed by atoms with van der Waals surface area (Å²) in [5, 5.41) is 4.65. The van der Waals surface area contributed by atoms with E-state index >= 15 is 0 Å². The maximum atomic E-state index is 13.5. The number of hydrazone groups is 1. The molecule has 2 heterocycles. The molecule has 1 amide bonds. The van der Waals surface area contributed by atoms with Gasteiger partial charge < -0.3 is 0 Å². The smallest absolute Gasteiger partial charge is 0.268 e. The molecule has 1 N–H and O–H groups in total. The Morgan fingerprint density at radius 1 is 1.18 bits per heavy atom. The molecule has 2 aromatic carbocycles. The molecule has 8 heteroatoms. The zero-order valence-electron chi connectivity index (χ0n) is 18.0. The summed E-state index contributed by atoms with van der Waals surface area (Å²) in [6.45, 7) is 1.80. The number of rotatable bonds is 4. The summed E-state index contributed by atoms with van der Waals surface area (Å²) in [4.78, 5) is 32.9. The molecule has 0 saturated carbocycles. The van der Waals surface area contributed by atoms with Crippen molar-refractivity contribution in [3.05, 3.63) is 92.1 Å². The third-order valence-corrected chi connectivity index (χ3v) is 6.96. The van der Waals surface area contributed by atoms with E-state index in [-0.39, 0.29) is 11.4 Å². The standard InChI is InChI=1S/C25H21FN4O2S/c1-15-28-24-22(20-7-2-3-8-21(20)33-24)25(32)30(15)19-6-4-5-17(13-19)23(31)29-27-14-16-9-11-18(26)12-10-16/h4-6,9-14H,2-3,7-8H2,1H3,(H,29,31)/b27-14+. The van der Waals surface area contributed by atoms with Gasteiger partial charge in [0.2, 0.25) is 0 Å². The summed E-state index contributed by atoms with van der Waals surface area (Å²) < 4.78 is 14.6. The lowest BCUT2D eigenvalue weighted by molar-refractivity contribution is 0.0955. The largest absolute Gasteiger partial charge is 0.271 e. The lowest BCUT2D eigenvalue weighted by Gasteiger charge is -2.12. The molecule has 1 aliphatic carbocycles. The van der Waals surface area contributed by atoms with Crippen molar-refractivity contribution < 1.29 is 9.18 Å². The predicted molar refractivity (Wildman–Crippen MR) is 128 cm³/mol. The second-order valence-electron chi connectivity index (χ2n) is 7.99. The molecule has 0 saturated heterocycles. The molecule has 4 aromatic rings. The second kappa shape index (κ2) is 8.71. The minimum absolute atomic E-state index is 0.0937. The van der Waals surface area contributed by atoms with Crippen LogP contribution in [0.3, 0.4) is 0 Å². The fourth-order valence-corrected chi connectivity index (χ4v) is 5.47. The van der Waals surface area contributed by atoms with Crippen LogP contribution in [0.5, 0.6) is 0 Å². The van der Waals surface area contributed by atoms with Gasteiger partial charge in [-0.3, -0.25) is 14.2 Å². The summed E-state index contributed by atoms with van der Waals surface area (Å²) in [5.74, 6) is -0.171. The van der Waals surface area contributed by atoms with Crippen LogP contribution in [-0.4, -0.2) is 21.7 Å². The number of nitrogens with zero attached hydrogens (tertiary/aromatic N) is 3. The van der Waals surface area contributed by atoms with Gasteiger partial charge in [0.05, 0.1) is 17.3 Å². The molecule has 0 bridgehead atoms. The number of aromatic nitrogens is 2. The Bertz CT molecular complexity index is 1450. The van der Waals surface area contributed by atoms with E-state index in [9.17, 15) is 14.0 Å². The van der Waals surface area contributed by atoms with E-state index in [0.717, 1.165) is 36.1 Å². The highest BCUT2D eigenvalue weighted by molar-refractivity contribution is 7.18. The zero-order chi connectivity index (χ0) is 22.9. The van der Waals surface area contributed by atoms with E-state index in [1.807, 2.05) is 0 Å². The molecular weight excluding hydrogens is 439 g/mol. The van der Waals surface area contributed by atoms with Crippen molar-refractivity contribution in [2.75, 3.05) is 0 Å². The Labute approximate surface area is 193 Å². The summed E-state index contributed by atoms with van der Waals surface area (Å²) in [6, 6.07) is 12.6. The molecule has 1 aliphatic rings. The monoisotopic (exact) mass is 460 g/mol. The molecule has 0 fully saturated rings. The Morgan fingerprint density at radius 2 is 1.97 bits per heavy atom. The van der Waals surface area contributed by atoms with Crippen LogP contribution < -0.4 is 11.0 Å². The van der Waals surface area contributed by atoms with Gasteiger partial charge in [-0.05, 0) is 74.1 Å². The average molecular weight is 461 g/mol. The number of fused-ring (bicyclic) bond motifs is 3. The maximum Gasteiger partial charge on any atom is 0.271 e. The first-order valence-electron chi connectivity index (χ1n) is 10.7. The molecule has 5 rings (SSSR count). The third kappa shape index (κ3) is 4.09. The molecule has 6 nitrogen and oxygen atoms in total. The molecule has 166 valence electrons. The first-order valence-corrected chi connectivity index (χ1v) is 11.6. The number of hydrogen-bond donors (Lipinski definition) is 1. The molecular formula is C25H21FN4O2S. The quantitative estimate of drug-likeness (QED) is 0.359. The SMILES string of the molecule is Cc1nc2sc3c(c2c(=O)n1-c1cccc(C(=O)N/N=C/c2ccc(F)cc2)c1)CCCC3. The van der Waals surface area contributed by atoms with Gasteiger partial charge >= 0.3 is 0 Å². The maximum absolute atomic E-state index is 13.5. The fraction of sp³-hybridized carbons (Fsp3) is 0.200. The van der Waals surface area contributed by atoms with Gasteiger partial charge in [0.15, 0.2) is 0 Å². The number of aryl methyl sites for hydroxylation is 3. The highest BCUT2D eigenvalue weighted by atomic mass is 32.1. The number of amides is 1. The Hall–Kier alpha value is -3.65. The number of benzene rings is 2. The molecule has 0 unspecified atom stereocenters. The van der Waals surface area contributed by atoms with Gasteiger partial charge in [0.1, 0.15) is 16.5 Å². The number of hydrogen-bond acceptors (Lipinski definition) is 5. The topological polar surface area (TPSA) is 76.3 Å². The zero-order valence-corrected chi connectivity index (χ0v) is 18.8. The van der Waals surface area contributed by atoms with Crippen molar-refractivity contribution in [2.24, 2.45) is 5.10 Å². The van der Waals surface area contributed by atoms with E-state index in [1.54, 1.807) is 59.2 Å². The summed E-state index contributed by atoms with van der Waals surface area (Å²) >= 11 is 1.62. The van der Waals surface area contributed by atoms with E-state index < -0.39 is 5.91 Å². The van der Waals surface area contributed by atoms with Crippen LogP contribution in [0.2, 0.25) is 0 Å². The van der Waals surface area contributed by atoms with Gasteiger partial charge in [-0.2, -0.15) is 5.10 Å². The molecule has 0 atom stereocenters. The number of carbonyl (C=O) groups is 1. The van der Waals surface area contributed by atoms with Crippen LogP contribution in [0.4, 0.5) is 4.39 Å². The minimum atomic E-state index is -0.414. The summed E-state index contributed by atoms with van der Waals surface area (Å²) in [7, 11) is 0. The highest BCUT2D eigenvalue weighted by Crippen LogP contribution is 2.34. The van der Waals surface area contributed by atoms with Gasteiger partial charge in [0, 0.05) is 10.4 Å². The highest BCUT2D eigenvalue weighted by Gasteiger charge is 2.22. The van der Waals surface area contributed by atoms with Crippen molar-refractivity contribution in [3.8, 4) is 5.69 Å². The fourth-order valence-electron chi connectivity index (χ4n) is 4.18. The molecule has 2 aromatic heterocycles. The Morgan fingerprint density at radius 3 is 2.79 bits per heavy atom. The van der Waals surface area contributed by atoms with Crippen LogP contribution in [0, 0.1) is 12.7 Å². The second-order valence-corrected chi connectivity index (χ2v) is 9.08. The number of carbonyl (C=O) groups excluding carboxylic acids is 1. The van der Waals surface area contributed by atoms with Gasteiger partial charge in [-0.15, -0.1) is 11.3 Å². The first kappa shape index (κ1) is 21.2. The molecule has 0 spiro atoms. The molecule has 0 radical (unpaired) electrons. The van der Waals surface area contributed by atoms with E-state index in [4.69, 9.17) is 4.98 Å². The molecule has 33 heavy (non-hydrogen) atoms. The van der Waals surface area contributed by atoms with E-state index in [0.29, 0.717) is 28.0 Å². The lowest BCUT2D eigenvalue weighted by Crippen LogP contribution is -2.23. The third-order valence-electron chi connectivity index (χ3n) is 5.77. The van der Waals surface area contributed by atoms with Crippen molar-refractivity contribution in [1.29, 1.82) is 0 Å². The van der Waals surface area contributed by atoms with Gasteiger partial charge in [-0.1, -0.05) is 18.2 Å². The number of halogens is 1. The average Bonchev–Trinajstić information content (AvgIpc) is 3.19. The molecule has 0 aliphatic heterocycles. The van der Waals surface area contributed by atoms with Crippen LogP contribution in [-0.2, 0) is 12.8 Å². The first-order chi connectivity index (χ1) is 16.0. The van der Waals surface area contributed by atoms with Crippen molar-refractivity contribution in [3.63, 3.8) is 0 Å². The van der Waals surface area contributed by atoms with Crippen LogP contribution in [0.1, 0.15) is 45.0 Å². The number of nitrogens with one attached hydrogen (secondary N) is 1. The summed E-state index contributed by atoms with van der Waals surface area (Å²) in [6.07, 6.45) is 5.58. The lowest BCUT2D eigenvalue weighted by atomic mass is 9.97.